The topological polar surface area (TPSA) is 38.8 Å². The van der Waals surface area contributed by atoms with Crippen molar-refractivity contribution in [2.45, 2.75) is 52.0 Å². The molecule has 0 amide bonds. The first-order valence-electron chi connectivity index (χ1n) is 7.25. The van der Waals surface area contributed by atoms with E-state index in [4.69, 9.17) is 9.47 Å². The molecule has 0 N–H and O–H groups in total. The lowest BCUT2D eigenvalue weighted by atomic mass is 10.1. The van der Waals surface area contributed by atoms with E-state index in [0.29, 0.717) is 19.1 Å². The molecule has 1 saturated heterocycles. The molecule has 0 aromatic heterocycles. The van der Waals surface area contributed by atoms with Gasteiger partial charge in [-0.1, -0.05) is 13.3 Å². The van der Waals surface area contributed by atoms with Crippen LogP contribution >= 0.6 is 0 Å². The van der Waals surface area contributed by atoms with Crippen molar-refractivity contribution in [1.29, 1.82) is 0 Å². The highest BCUT2D eigenvalue weighted by molar-refractivity contribution is 5.69. The summed E-state index contributed by atoms with van der Waals surface area (Å²) >= 11 is 0. The third-order valence-electron chi connectivity index (χ3n) is 3.45. The summed E-state index contributed by atoms with van der Waals surface area (Å²) in [6, 6.07) is 0.587. The highest BCUT2D eigenvalue weighted by atomic mass is 16.5. The quantitative estimate of drug-likeness (QED) is 0.494. The molecule has 1 fully saturated rings. The van der Waals surface area contributed by atoms with Crippen LogP contribution in [0.15, 0.2) is 0 Å². The standard InChI is InChI=1S/C14H27NO3/c1-3-13-12-17-11-10-15(13)9-7-5-6-8-14(16)18-4-2/h13H,3-12H2,1-2H3. The summed E-state index contributed by atoms with van der Waals surface area (Å²) < 4.78 is 10.4. The van der Waals surface area contributed by atoms with Crippen LogP contribution in [-0.4, -0.2) is 49.8 Å². The summed E-state index contributed by atoms with van der Waals surface area (Å²) in [6.45, 7) is 8.47. The van der Waals surface area contributed by atoms with Crippen LogP contribution in [0, 0.1) is 0 Å². The van der Waals surface area contributed by atoms with Crippen LogP contribution in [0.3, 0.4) is 0 Å². The third kappa shape index (κ3) is 5.83. The minimum Gasteiger partial charge on any atom is -0.466 e. The molecule has 106 valence electrons. The lowest BCUT2D eigenvalue weighted by Crippen LogP contribution is -2.45. The van der Waals surface area contributed by atoms with Gasteiger partial charge in [0.05, 0.1) is 19.8 Å². The van der Waals surface area contributed by atoms with Crippen LogP contribution in [0.25, 0.3) is 0 Å². The number of morpholine rings is 1. The summed E-state index contributed by atoms with van der Waals surface area (Å²) in [5, 5.41) is 0. The van der Waals surface area contributed by atoms with E-state index in [2.05, 4.69) is 11.8 Å². The van der Waals surface area contributed by atoms with E-state index in [0.717, 1.165) is 52.0 Å². The molecule has 18 heavy (non-hydrogen) atoms. The van der Waals surface area contributed by atoms with E-state index in [9.17, 15) is 4.79 Å². The molecule has 1 aliphatic heterocycles. The maximum absolute atomic E-state index is 11.2. The van der Waals surface area contributed by atoms with E-state index >= 15 is 0 Å². The second-order valence-electron chi connectivity index (χ2n) is 4.79. The van der Waals surface area contributed by atoms with Crippen molar-refractivity contribution in [1.82, 2.24) is 4.90 Å². The zero-order valence-electron chi connectivity index (χ0n) is 11.8. The Kier molecular flexibility index (Phi) is 8.01. The van der Waals surface area contributed by atoms with Crippen molar-refractivity contribution in [3.8, 4) is 0 Å². The summed E-state index contributed by atoms with van der Waals surface area (Å²) in [4.78, 5) is 13.7. The molecule has 0 spiro atoms. The molecular formula is C14H27NO3. The van der Waals surface area contributed by atoms with Gasteiger partial charge in [-0.15, -0.1) is 0 Å². The zero-order valence-corrected chi connectivity index (χ0v) is 11.8. The number of unbranched alkanes of at least 4 members (excludes halogenated alkanes) is 2. The largest absolute Gasteiger partial charge is 0.466 e. The van der Waals surface area contributed by atoms with Crippen molar-refractivity contribution in [2.24, 2.45) is 0 Å². The van der Waals surface area contributed by atoms with Crippen LogP contribution in [0.4, 0.5) is 0 Å². The Labute approximate surface area is 111 Å². The summed E-state index contributed by atoms with van der Waals surface area (Å²) in [5.41, 5.74) is 0. The summed E-state index contributed by atoms with van der Waals surface area (Å²) in [7, 11) is 0. The first-order valence-corrected chi connectivity index (χ1v) is 7.25. The number of hydrogen-bond donors (Lipinski definition) is 0. The Morgan fingerprint density at radius 3 is 2.89 bits per heavy atom. The van der Waals surface area contributed by atoms with Gasteiger partial charge in [0.25, 0.3) is 0 Å². The van der Waals surface area contributed by atoms with Gasteiger partial charge in [-0.3, -0.25) is 9.69 Å². The Morgan fingerprint density at radius 1 is 1.33 bits per heavy atom. The fourth-order valence-electron chi connectivity index (χ4n) is 2.35. The molecule has 0 radical (unpaired) electrons. The molecule has 4 nitrogen and oxygen atoms in total. The monoisotopic (exact) mass is 257 g/mol. The van der Waals surface area contributed by atoms with Crippen LogP contribution in [-0.2, 0) is 14.3 Å². The first kappa shape index (κ1) is 15.4. The minimum atomic E-state index is -0.0599. The number of ether oxygens (including phenoxy) is 2. The molecule has 0 aromatic rings. The van der Waals surface area contributed by atoms with Gasteiger partial charge >= 0.3 is 5.97 Å². The average molecular weight is 257 g/mol. The molecule has 1 aliphatic rings. The SMILES string of the molecule is CCOC(=O)CCCCCN1CCOCC1CC. The van der Waals surface area contributed by atoms with Crippen molar-refractivity contribution >= 4 is 5.97 Å². The molecule has 0 saturated carbocycles. The van der Waals surface area contributed by atoms with Gasteiger partial charge in [0, 0.05) is 19.0 Å². The van der Waals surface area contributed by atoms with E-state index in [-0.39, 0.29) is 5.97 Å². The Hall–Kier alpha value is -0.610. The lowest BCUT2D eigenvalue weighted by Gasteiger charge is -2.35. The van der Waals surface area contributed by atoms with Gasteiger partial charge in [-0.2, -0.15) is 0 Å². The number of hydrogen-bond acceptors (Lipinski definition) is 4. The van der Waals surface area contributed by atoms with E-state index in [1.807, 2.05) is 6.92 Å². The van der Waals surface area contributed by atoms with Gasteiger partial charge in [0.2, 0.25) is 0 Å². The first-order chi connectivity index (χ1) is 8.77. The summed E-state index contributed by atoms with van der Waals surface area (Å²) in [6.07, 6.45) is 4.93. The fraction of sp³-hybridized carbons (Fsp3) is 0.929. The Morgan fingerprint density at radius 2 is 2.17 bits per heavy atom. The van der Waals surface area contributed by atoms with Gasteiger partial charge in [0.1, 0.15) is 0 Å². The van der Waals surface area contributed by atoms with E-state index in [1.165, 1.54) is 0 Å². The van der Waals surface area contributed by atoms with Crippen LogP contribution in [0.5, 0.6) is 0 Å². The molecule has 0 aliphatic carbocycles. The van der Waals surface area contributed by atoms with Gasteiger partial charge in [0.15, 0.2) is 0 Å². The highest BCUT2D eigenvalue weighted by Gasteiger charge is 2.20. The molecule has 1 atom stereocenters. The van der Waals surface area contributed by atoms with Gasteiger partial charge < -0.3 is 9.47 Å². The van der Waals surface area contributed by atoms with Crippen molar-refractivity contribution in [3.63, 3.8) is 0 Å². The van der Waals surface area contributed by atoms with Crippen molar-refractivity contribution in [2.75, 3.05) is 32.9 Å². The molecule has 1 unspecified atom stereocenters. The molecule has 1 rings (SSSR count). The molecule has 4 heteroatoms. The lowest BCUT2D eigenvalue weighted by molar-refractivity contribution is -0.143. The number of esters is 1. The van der Waals surface area contributed by atoms with Crippen LogP contribution in [0.2, 0.25) is 0 Å². The molecular weight excluding hydrogens is 230 g/mol. The second-order valence-corrected chi connectivity index (χ2v) is 4.79. The van der Waals surface area contributed by atoms with Gasteiger partial charge in [-0.05, 0) is 32.7 Å². The average Bonchev–Trinajstić information content (AvgIpc) is 2.39. The summed E-state index contributed by atoms with van der Waals surface area (Å²) in [5.74, 6) is -0.0599. The number of rotatable bonds is 8. The van der Waals surface area contributed by atoms with Crippen molar-refractivity contribution < 1.29 is 14.3 Å². The number of carbonyl (C=O) groups excluding carboxylic acids is 1. The maximum Gasteiger partial charge on any atom is 0.305 e. The fourth-order valence-corrected chi connectivity index (χ4v) is 2.35. The normalized spacial score (nSPS) is 20.9. The highest BCUT2D eigenvalue weighted by Crippen LogP contribution is 2.12. The van der Waals surface area contributed by atoms with Crippen molar-refractivity contribution in [3.05, 3.63) is 0 Å². The van der Waals surface area contributed by atoms with E-state index in [1.54, 1.807) is 0 Å². The smallest absolute Gasteiger partial charge is 0.305 e. The maximum atomic E-state index is 11.2. The molecule has 1 heterocycles. The van der Waals surface area contributed by atoms with E-state index < -0.39 is 0 Å². The molecule has 0 bridgehead atoms. The van der Waals surface area contributed by atoms with Crippen LogP contribution < -0.4 is 0 Å². The third-order valence-corrected chi connectivity index (χ3v) is 3.45. The minimum absolute atomic E-state index is 0.0599. The number of carbonyl (C=O) groups is 1. The molecule has 0 aromatic carbocycles. The Bertz CT molecular complexity index is 233. The second kappa shape index (κ2) is 9.34. The predicted molar refractivity (Wildman–Crippen MR) is 71.6 cm³/mol. The van der Waals surface area contributed by atoms with Gasteiger partial charge in [-0.25, -0.2) is 0 Å². The van der Waals surface area contributed by atoms with Crippen LogP contribution in [0.1, 0.15) is 46.0 Å². The predicted octanol–water partition coefficient (Wildman–Crippen LogP) is 2.22. The number of nitrogens with zero attached hydrogens (tertiary/aromatic N) is 1. The Balaban J connectivity index is 2.04. The zero-order chi connectivity index (χ0) is 13.2.